The molecule has 0 saturated carbocycles. The maximum Gasteiger partial charge on any atom is 0.251 e. The first kappa shape index (κ1) is 16.6. The summed E-state index contributed by atoms with van der Waals surface area (Å²) in [5, 5.41) is 2.81. The molecule has 2 aromatic carbocycles. The van der Waals surface area contributed by atoms with E-state index in [1.165, 1.54) is 16.0 Å². The summed E-state index contributed by atoms with van der Waals surface area (Å²) in [5.41, 5.74) is 3.16. The topological polar surface area (TPSA) is 38.3 Å². The van der Waals surface area contributed by atoms with E-state index in [1.807, 2.05) is 24.3 Å². The molecule has 1 N–H and O–H groups in total. The van der Waals surface area contributed by atoms with Crippen LogP contribution in [0.1, 0.15) is 21.5 Å². The van der Waals surface area contributed by atoms with Crippen molar-refractivity contribution in [1.82, 2.24) is 5.32 Å². The fourth-order valence-electron chi connectivity index (χ4n) is 1.92. The second-order valence-electron chi connectivity index (χ2n) is 5.05. The first-order valence-corrected chi connectivity index (χ1v) is 8.23. The largest absolute Gasteiger partial charge is 0.383 e. The lowest BCUT2D eigenvalue weighted by molar-refractivity contribution is 0.0937. The van der Waals surface area contributed by atoms with Gasteiger partial charge in [-0.15, -0.1) is 11.8 Å². The van der Waals surface area contributed by atoms with Crippen molar-refractivity contribution in [3.8, 4) is 0 Å². The molecule has 0 radical (unpaired) electrons. The van der Waals surface area contributed by atoms with Gasteiger partial charge in [0.15, 0.2) is 0 Å². The monoisotopic (exact) mass is 315 g/mol. The number of benzene rings is 2. The highest BCUT2D eigenvalue weighted by molar-refractivity contribution is 7.98. The summed E-state index contributed by atoms with van der Waals surface area (Å²) in [5.74, 6) is 0.837. The molecule has 116 valence electrons. The lowest BCUT2D eigenvalue weighted by Gasteiger charge is -2.06. The van der Waals surface area contributed by atoms with Gasteiger partial charge in [0.1, 0.15) is 0 Å². The molecule has 0 heterocycles. The highest BCUT2D eigenvalue weighted by Crippen LogP contribution is 2.23. The van der Waals surface area contributed by atoms with Gasteiger partial charge in [-0.25, -0.2) is 0 Å². The van der Waals surface area contributed by atoms with E-state index < -0.39 is 0 Å². The summed E-state index contributed by atoms with van der Waals surface area (Å²) < 4.78 is 4.91. The number of carbonyl (C=O) groups excluding carboxylic acids is 1. The summed E-state index contributed by atoms with van der Waals surface area (Å²) in [6, 6.07) is 16.3. The Balaban J connectivity index is 1.86. The molecule has 22 heavy (non-hydrogen) atoms. The Morgan fingerprint density at radius 1 is 1.09 bits per heavy atom. The third-order valence-corrected chi connectivity index (χ3v) is 4.32. The Hall–Kier alpha value is -1.78. The molecule has 0 aliphatic rings. The van der Waals surface area contributed by atoms with Crippen molar-refractivity contribution in [2.24, 2.45) is 0 Å². The van der Waals surface area contributed by atoms with Gasteiger partial charge in [0.05, 0.1) is 6.61 Å². The summed E-state index contributed by atoms with van der Waals surface area (Å²) in [7, 11) is 1.62. The molecule has 0 aromatic heterocycles. The number of carbonyl (C=O) groups is 1. The van der Waals surface area contributed by atoms with Gasteiger partial charge < -0.3 is 10.1 Å². The van der Waals surface area contributed by atoms with Crippen molar-refractivity contribution in [3.05, 3.63) is 65.2 Å². The number of hydrogen-bond donors (Lipinski definition) is 1. The third-order valence-electron chi connectivity index (χ3n) is 3.23. The van der Waals surface area contributed by atoms with Gasteiger partial charge in [-0.05, 0) is 36.8 Å². The quantitative estimate of drug-likeness (QED) is 0.626. The summed E-state index contributed by atoms with van der Waals surface area (Å²) >= 11 is 1.80. The number of rotatable bonds is 7. The van der Waals surface area contributed by atoms with E-state index in [1.54, 1.807) is 18.9 Å². The van der Waals surface area contributed by atoms with E-state index in [4.69, 9.17) is 4.74 Å². The van der Waals surface area contributed by atoms with Crippen LogP contribution in [0, 0.1) is 6.92 Å². The van der Waals surface area contributed by atoms with Crippen LogP contribution in [0.15, 0.2) is 53.4 Å². The summed E-state index contributed by atoms with van der Waals surface area (Å²) in [6.07, 6.45) is 0. The minimum Gasteiger partial charge on any atom is -0.383 e. The molecule has 0 unspecified atom stereocenters. The minimum atomic E-state index is -0.0604. The Morgan fingerprint density at radius 2 is 1.77 bits per heavy atom. The van der Waals surface area contributed by atoms with Crippen molar-refractivity contribution in [2.45, 2.75) is 17.6 Å². The van der Waals surface area contributed by atoms with E-state index >= 15 is 0 Å². The van der Waals surface area contributed by atoms with Gasteiger partial charge in [0, 0.05) is 29.9 Å². The maximum atomic E-state index is 11.9. The molecular formula is C18H21NO2S. The molecule has 4 heteroatoms. The number of hydrogen-bond acceptors (Lipinski definition) is 3. The van der Waals surface area contributed by atoms with Gasteiger partial charge in [-0.1, -0.05) is 29.8 Å². The average Bonchev–Trinajstić information content (AvgIpc) is 2.55. The normalized spacial score (nSPS) is 10.5. The first-order valence-electron chi connectivity index (χ1n) is 7.24. The van der Waals surface area contributed by atoms with Gasteiger partial charge in [0.25, 0.3) is 5.91 Å². The lowest BCUT2D eigenvalue weighted by Crippen LogP contribution is -2.26. The van der Waals surface area contributed by atoms with Crippen LogP contribution in [0.5, 0.6) is 0 Å². The van der Waals surface area contributed by atoms with Crippen LogP contribution < -0.4 is 5.32 Å². The average molecular weight is 315 g/mol. The Labute approximate surface area is 136 Å². The van der Waals surface area contributed by atoms with E-state index in [2.05, 4.69) is 36.5 Å². The second kappa shape index (κ2) is 8.61. The van der Waals surface area contributed by atoms with Crippen molar-refractivity contribution in [3.63, 3.8) is 0 Å². The number of aryl methyl sites for hydroxylation is 1. The van der Waals surface area contributed by atoms with Gasteiger partial charge >= 0.3 is 0 Å². The number of amides is 1. The highest BCUT2D eigenvalue weighted by atomic mass is 32.2. The zero-order valence-electron chi connectivity index (χ0n) is 13.0. The lowest BCUT2D eigenvalue weighted by atomic mass is 10.1. The molecule has 1 amide bonds. The van der Waals surface area contributed by atoms with E-state index in [0.29, 0.717) is 18.7 Å². The molecule has 2 rings (SSSR count). The van der Waals surface area contributed by atoms with Gasteiger partial charge in [-0.2, -0.15) is 0 Å². The molecule has 0 aliphatic carbocycles. The number of nitrogens with one attached hydrogen (secondary N) is 1. The zero-order chi connectivity index (χ0) is 15.8. The van der Waals surface area contributed by atoms with Gasteiger partial charge in [-0.3, -0.25) is 4.79 Å². The minimum absolute atomic E-state index is 0.0604. The molecule has 2 aromatic rings. The van der Waals surface area contributed by atoms with Crippen LogP contribution >= 0.6 is 11.8 Å². The van der Waals surface area contributed by atoms with Crippen LogP contribution in [0.3, 0.4) is 0 Å². The zero-order valence-corrected chi connectivity index (χ0v) is 13.8. The predicted molar refractivity (Wildman–Crippen MR) is 91.4 cm³/mol. The predicted octanol–water partition coefficient (Wildman–Crippen LogP) is 3.66. The van der Waals surface area contributed by atoms with Crippen molar-refractivity contribution in [1.29, 1.82) is 0 Å². The number of ether oxygens (including phenoxy) is 1. The molecule has 0 aliphatic heterocycles. The number of thioether (sulfide) groups is 1. The maximum absolute atomic E-state index is 11.9. The molecule has 0 spiro atoms. The van der Waals surface area contributed by atoms with Crippen LogP contribution in [0.2, 0.25) is 0 Å². The molecular weight excluding hydrogens is 294 g/mol. The Morgan fingerprint density at radius 3 is 2.41 bits per heavy atom. The van der Waals surface area contributed by atoms with Crippen molar-refractivity contribution >= 4 is 17.7 Å². The molecule has 0 bridgehead atoms. The van der Waals surface area contributed by atoms with Crippen molar-refractivity contribution in [2.75, 3.05) is 20.3 Å². The van der Waals surface area contributed by atoms with Crippen LogP contribution in [0.4, 0.5) is 0 Å². The summed E-state index contributed by atoms with van der Waals surface area (Å²) in [6.45, 7) is 3.14. The van der Waals surface area contributed by atoms with Crippen LogP contribution in [0.25, 0.3) is 0 Å². The third kappa shape index (κ3) is 5.20. The van der Waals surface area contributed by atoms with Gasteiger partial charge in [0.2, 0.25) is 0 Å². The van der Waals surface area contributed by atoms with E-state index in [-0.39, 0.29) is 5.91 Å². The second-order valence-corrected chi connectivity index (χ2v) is 6.10. The molecule has 0 atom stereocenters. The first-order chi connectivity index (χ1) is 10.7. The molecule has 3 nitrogen and oxygen atoms in total. The number of methoxy groups -OCH3 is 1. The Kier molecular flexibility index (Phi) is 6.49. The summed E-state index contributed by atoms with van der Waals surface area (Å²) in [4.78, 5) is 13.1. The fourth-order valence-corrected chi connectivity index (χ4v) is 2.78. The smallest absolute Gasteiger partial charge is 0.251 e. The van der Waals surface area contributed by atoms with E-state index in [0.717, 1.165) is 5.75 Å². The van der Waals surface area contributed by atoms with Crippen LogP contribution in [-0.4, -0.2) is 26.2 Å². The Bertz CT molecular complexity index is 593. The van der Waals surface area contributed by atoms with E-state index in [9.17, 15) is 4.79 Å². The van der Waals surface area contributed by atoms with Crippen LogP contribution in [-0.2, 0) is 10.5 Å². The SMILES string of the molecule is COCCNC(=O)c1ccc(CSc2ccc(C)cc2)cc1. The molecule has 0 fully saturated rings. The highest BCUT2D eigenvalue weighted by Gasteiger charge is 2.04. The standard InChI is InChI=1S/C18H21NO2S/c1-14-3-9-17(10-4-14)22-13-15-5-7-16(8-6-15)18(20)19-11-12-21-2/h3-10H,11-13H2,1-2H3,(H,19,20). The van der Waals surface area contributed by atoms with Crippen molar-refractivity contribution < 1.29 is 9.53 Å². The fraction of sp³-hybridized carbons (Fsp3) is 0.278. The molecule has 0 saturated heterocycles.